The molecule has 0 spiro atoms. The van der Waals surface area contributed by atoms with Gasteiger partial charge in [0.2, 0.25) is 0 Å². The Morgan fingerprint density at radius 3 is 2.65 bits per heavy atom. The lowest BCUT2D eigenvalue weighted by molar-refractivity contribution is -0.402. The van der Waals surface area contributed by atoms with E-state index in [9.17, 15) is 24.9 Å². The van der Waals surface area contributed by atoms with Gasteiger partial charge in [-0.15, -0.1) is 0 Å². The highest BCUT2D eigenvalue weighted by atomic mass is 31.2. The highest BCUT2D eigenvalue weighted by molar-refractivity contribution is 7.51. The van der Waals surface area contributed by atoms with Gasteiger partial charge in [0.15, 0.2) is 6.23 Å². The van der Waals surface area contributed by atoms with Crippen LogP contribution in [-0.2, 0) is 31.5 Å². The first-order chi connectivity index (χ1) is 17.6. The highest BCUT2D eigenvalue weighted by Crippen LogP contribution is 2.46. The van der Waals surface area contributed by atoms with Crippen molar-refractivity contribution in [3.63, 3.8) is 0 Å². The SMILES string of the molecule is C=C1N=C(N)C=CN1[C@@H]1O[C@H](COP(=O)(NCc2ccccc2)OCc2ccc([N+](=O)[O-])o2)C(O)[C@H]1O. The molecule has 1 fully saturated rings. The first kappa shape index (κ1) is 26.7. The Bertz CT molecular complexity index is 1230. The Morgan fingerprint density at radius 2 is 1.97 bits per heavy atom. The molecule has 5 atom stereocenters. The van der Waals surface area contributed by atoms with Crippen LogP contribution in [0.4, 0.5) is 5.88 Å². The van der Waals surface area contributed by atoms with Gasteiger partial charge in [0.1, 0.15) is 47.3 Å². The Morgan fingerprint density at radius 1 is 1.22 bits per heavy atom. The van der Waals surface area contributed by atoms with Gasteiger partial charge in [-0.1, -0.05) is 36.9 Å². The van der Waals surface area contributed by atoms with E-state index >= 15 is 0 Å². The summed E-state index contributed by atoms with van der Waals surface area (Å²) in [5.41, 5.74) is 6.42. The quantitative estimate of drug-likeness (QED) is 0.185. The van der Waals surface area contributed by atoms with E-state index in [0.29, 0.717) is 0 Å². The minimum atomic E-state index is -4.07. The number of nitrogens with two attached hydrogens (primary N) is 1. The van der Waals surface area contributed by atoms with Gasteiger partial charge in [-0.05, 0) is 17.7 Å². The Hall–Kier alpha value is -3.36. The van der Waals surface area contributed by atoms with E-state index in [1.54, 1.807) is 24.3 Å². The van der Waals surface area contributed by atoms with Gasteiger partial charge in [0.25, 0.3) is 0 Å². The van der Waals surface area contributed by atoms with Crippen LogP contribution in [0, 0.1) is 10.1 Å². The summed E-state index contributed by atoms with van der Waals surface area (Å²) in [5, 5.41) is 34.6. The second kappa shape index (κ2) is 11.4. The molecule has 5 N–H and O–H groups in total. The fraction of sp³-hybridized carbons (Fsp3) is 0.318. The summed E-state index contributed by atoms with van der Waals surface area (Å²) in [6, 6.07) is 11.5. The first-order valence-electron chi connectivity index (χ1n) is 11.1. The lowest BCUT2D eigenvalue weighted by Crippen LogP contribution is -2.42. The lowest BCUT2D eigenvalue weighted by Gasteiger charge is -2.30. The number of nitrogens with one attached hydrogen (secondary N) is 1. The fourth-order valence-corrected chi connectivity index (χ4v) is 4.86. The van der Waals surface area contributed by atoms with Crippen molar-refractivity contribution < 1.29 is 37.9 Å². The van der Waals surface area contributed by atoms with Crippen LogP contribution < -0.4 is 10.8 Å². The maximum atomic E-state index is 13.5. The van der Waals surface area contributed by atoms with Gasteiger partial charge in [-0.25, -0.2) is 14.6 Å². The zero-order valence-corrected chi connectivity index (χ0v) is 20.3. The number of nitro groups is 1. The van der Waals surface area contributed by atoms with Gasteiger partial charge < -0.3 is 30.0 Å². The molecule has 0 radical (unpaired) electrons. The Balaban J connectivity index is 1.42. The third-order valence-electron chi connectivity index (χ3n) is 5.51. The maximum absolute atomic E-state index is 13.5. The summed E-state index contributed by atoms with van der Waals surface area (Å²) in [6.07, 6.45) is -1.92. The minimum Gasteiger partial charge on any atom is -0.403 e. The number of rotatable bonds is 11. The first-order valence-corrected chi connectivity index (χ1v) is 12.6. The van der Waals surface area contributed by atoms with Crippen LogP contribution in [-0.4, -0.2) is 57.0 Å². The zero-order chi connectivity index (χ0) is 26.6. The van der Waals surface area contributed by atoms with Crippen molar-refractivity contribution in [2.45, 2.75) is 37.7 Å². The van der Waals surface area contributed by atoms with Gasteiger partial charge in [0, 0.05) is 12.7 Å². The van der Waals surface area contributed by atoms with Crippen molar-refractivity contribution >= 4 is 19.5 Å². The molecule has 198 valence electrons. The molecule has 2 aromatic rings. The summed E-state index contributed by atoms with van der Waals surface area (Å²) in [7, 11) is -4.07. The van der Waals surface area contributed by atoms with Crippen molar-refractivity contribution in [3.8, 4) is 0 Å². The standard InChI is InChI=1S/C22H26N5O9P/c1-14-25-18(23)9-10-26(14)22-21(29)20(28)17(36-22)13-34-37(32,24-11-15-5-3-2-4-6-15)33-12-16-7-8-19(35-16)27(30)31/h2-10,17,20-22,28-29H,1,11-13H2,(H2,23,25)(H,24,32)/t17-,20?,21-,22-,37?/m1/s1. The number of hydrogen-bond donors (Lipinski definition) is 4. The van der Waals surface area contributed by atoms with E-state index in [4.69, 9.17) is 23.9 Å². The van der Waals surface area contributed by atoms with E-state index in [1.165, 1.54) is 23.2 Å². The monoisotopic (exact) mass is 535 g/mol. The highest BCUT2D eigenvalue weighted by Gasteiger charge is 2.47. The second-order valence-electron chi connectivity index (χ2n) is 8.11. The summed E-state index contributed by atoms with van der Waals surface area (Å²) in [4.78, 5) is 15.6. The van der Waals surface area contributed by atoms with Crippen molar-refractivity contribution in [2.75, 3.05) is 6.61 Å². The molecule has 4 rings (SSSR count). The van der Waals surface area contributed by atoms with Crippen LogP contribution in [0.2, 0.25) is 0 Å². The van der Waals surface area contributed by atoms with Gasteiger partial charge in [-0.2, -0.15) is 0 Å². The second-order valence-corrected chi connectivity index (χ2v) is 9.93. The molecule has 37 heavy (non-hydrogen) atoms. The van der Waals surface area contributed by atoms with Crippen LogP contribution in [0.1, 0.15) is 11.3 Å². The number of furan rings is 1. The van der Waals surface area contributed by atoms with Crippen LogP contribution in [0.3, 0.4) is 0 Å². The molecule has 1 saturated heterocycles. The molecule has 2 unspecified atom stereocenters. The molecule has 1 aromatic heterocycles. The predicted molar refractivity (Wildman–Crippen MR) is 129 cm³/mol. The number of ether oxygens (including phenoxy) is 1. The van der Waals surface area contributed by atoms with Crippen LogP contribution in [0.5, 0.6) is 0 Å². The summed E-state index contributed by atoms with van der Waals surface area (Å²) in [5.74, 6) is -0.0176. The van der Waals surface area contributed by atoms with E-state index in [-0.39, 0.29) is 24.0 Å². The van der Waals surface area contributed by atoms with Gasteiger partial charge in [0.05, 0.1) is 12.7 Å². The van der Waals surface area contributed by atoms with E-state index in [1.807, 2.05) is 6.07 Å². The summed E-state index contributed by atoms with van der Waals surface area (Å²) in [6.45, 7) is 3.03. The molecule has 14 nitrogen and oxygen atoms in total. The number of aliphatic hydroxyl groups is 2. The summed E-state index contributed by atoms with van der Waals surface area (Å²) < 4.78 is 35.3. The van der Waals surface area contributed by atoms with Gasteiger partial charge >= 0.3 is 13.6 Å². The number of benzene rings is 1. The number of aliphatic hydroxyl groups excluding tert-OH is 2. The lowest BCUT2D eigenvalue weighted by atomic mass is 10.1. The molecular formula is C22H26N5O9P. The Kier molecular flexibility index (Phi) is 8.19. The molecule has 0 bridgehead atoms. The normalized spacial score (nSPS) is 25.2. The molecular weight excluding hydrogens is 509 g/mol. The molecule has 0 amide bonds. The Labute approximate surface area is 211 Å². The molecule has 3 heterocycles. The smallest absolute Gasteiger partial charge is 0.403 e. The van der Waals surface area contributed by atoms with Crippen LogP contribution >= 0.6 is 7.75 Å². The fourth-order valence-electron chi connectivity index (χ4n) is 3.59. The molecule has 2 aliphatic rings. The minimum absolute atomic E-state index is 0.0555. The average molecular weight is 535 g/mol. The van der Waals surface area contributed by atoms with Crippen molar-refractivity contribution in [1.82, 2.24) is 9.99 Å². The number of hydrogen-bond acceptors (Lipinski definition) is 12. The number of amidine groups is 1. The van der Waals surface area contributed by atoms with E-state index in [2.05, 4.69) is 16.7 Å². The molecule has 1 aromatic carbocycles. The van der Waals surface area contributed by atoms with E-state index in [0.717, 1.165) is 11.6 Å². The molecule has 0 aliphatic carbocycles. The van der Waals surface area contributed by atoms with Crippen molar-refractivity contribution in [2.24, 2.45) is 10.7 Å². The molecule has 15 heteroatoms. The predicted octanol–water partition coefficient (Wildman–Crippen LogP) is 1.72. The maximum Gasteiger partial charge on any atom is 0.433 e. The van der Waals surface area contributed by atoms with Gasteiger partial charge in [-0.3, -0.25) is 19.2 Å². The van der Waals surface area contributed by atoms with Crippen molar-refractivity contribution in [1.29, 1.82) is 0 Å². The summed E-state index contributed by atoms with van der Waals surface area (Å²) >= 11 is 0. The topological polar surface area (TPSA) is 195 Å². The average Bonchev–Trinajstić information content (AvgIpc) is 3.47. The van der Waals surface area contributed by atoms with Crippen LogP contribution in [0.15, 0.2) is 76.6 Å². The van der Waals surface area contributed by atoms with E-state index < -0.39 is 56.3 Å². The third-order valence-corrected chi connectivity index (χ3v) is 7.01. The largest absolute Gasteiger partial charge is 0.433 e. The third kappa shape index (κ3) is 6.50. The number of aliphatic imine (C=N–C) groups is 1. The van der Waals surface area contributed by atoms with Crippen molar-refractivity contribution in [3.05, 3.63) is 88.6 Å². The molecule has 0 saturated carbocycles. The van der Waals surface area contributed by atoms with Crippen LogP contribution in [0.25, 0.3) is 0 Å². The zero-order valence-electron chi connectivity index (χ0n) is 19.5. The number of nitrogens with zero attached hydrogens (tertiary/aromatic N) is 3. The molecule has 2 aliphatic heterocycles.